The molecule has 0 saturated heterocycles. The zero-order chi connectivity index (χ0) is 14.3. The van der Waals surface area contributed by atoms with Gasteiger partial charge in [-0.3, -0.25) is 4.79 Å². The van der Waals surface area contributed by atoms with Gasteiger partial charge in [0.05, 0.1) is 0 Å². The largest absolute Gasteiger partial charge is 0.504 e. The number of hydrogen-bond acceptors (Lipinski definition) is 4. The average molecular weight is 264 g/mol. The molecule has 0 fully saturated rings. The van der Waals surface area contributed by atoms with E-state index >= 15 is 0 Å². The normalized spacial score (nSPS) is 9.95. The minimum atomic E-state index is -0.144. The summed E-state index contributed by atoms with van der Waals surface area (Å²) in [5.41, 5.74) is 1.44. The molecule has 0 radical (unpaired) electrons. The molecule has 0 aliphatic rings. The van der Waals surface area contributed by atoms with E-state index in [1.165, 1.54) is 6.07 Å². The fourth-order valence-corrected chi connectivity index (χ4v) is 1.59. The molecule has 1 amide bonds. The predicted octanol–water partition coefficient (Wildman–Crippen LogP) is 1.27. The first-order valence-electron chi connectivity index (χ1n) is 6.16. The summed E-state index contributed by atoms with van der Waals surface area (Å²) in [5, 5.41) is 24.6. The van der Waals surface area contributed by atoms with Crippen LogP contribution in [0.25, 0.3) is 0 Å². The van der Waals surface area contributed by atoms with Crippen LogP contribution in [-0.4, -0.2) is 29.2 Å². The van der Waals surface area contributed by atoms with E-state index in [1.807, 2.05) is 6.92 Å². The molecular formula is C14H20N2O3. The van der Waals surface area contributed by atoms with Gasteiger partial charge in [-0.25, -0.2) is 0 Å². The lowest BCUT2D eigenvalue weighted by molar-refractivity contribution is -0.120. The van der Waals surface area contributed by atoms with E-state index in [0.29, 0.717) is 31.5 Å². The summed E-state index contributed by atoms with van der Waals surface area (Å²) in [5.74, 6) is -0.330. The van der Waals surface area contributed by atoms with E-state index in [0.717, 1.165) is 5.70 Å². The van der Waals surface area contributed by atoms with Crippen molar-refractivity contribution in [3.05, 3.63) is 36.0 Å². The minimum Gasteiger partial charge on any atom is -0.504 e. The molecule has 4 N–H and O–H groups in total. The molecular weight excluding hydrogens is 244 g/mol. The van der Waals surface area contributed by atoms with Crippen LogP contribution in [-0.2, 0) is 11.2 Å². The second kappa shape index (κ2) is 7.31. The van der Waals surface area contributed by atoms with Crippen molar-refractivity contribution in [2.75, 3.05) is 13.1 Å². The fraction of sp³-hybridized carbons (Fsp3) is 0.357. The maximum Gasteiger partial charge on any atom is 0.221 e. The van der Waals surface area contributed by atoms with Gasteiger partial charge in [0.2, 0.25) is 5.91 Å². The second-order valence-corrected chi connectivity index (χ2v) is 4.34. The van der Waals surface area contributed by atoms with Crippen molar-refractivity contribution in [2.24, 2.45) is 0 Å². The number of allylic oxidation sites excluding steroid dienone is 1. The molecule has 0 aromatic heterocycles. The Morgan fingerprint density at radius 2 is 2.00 bits per heavy atom. The quantitative estimate of drug-likeness (QED) is 0.559. The number of phenols is 2. The summed E-state index contributed by atoms with van der Waals surface area (Å²) in [7, 11) is 0. The van der Waals surface area contributed by atoms with Crippen LogP contribution in [0.3, 0.4) is 0 Å². The third-order valence-corrected chi connectivity index (χ3v) is 2.59. The van der Waals surface area contributed by atoms with Gasteiger partial charge in [0.15, 0.2) is 11.5 Å². The zero-order valence-electron chi connectivity index (χ0n) is 11.1. The zero-order valence-corrected chi connectivity index (χ0v) is 11.1. The van der Waals surface area contributed by atoms with Crippen LogP contribution < -0.4 is 10.6 Å². The Morgan fingerprint density at radius 3 is 2.68 bits per heavy atom. The lowest BCUT2D eigenvalue weighted by Crippen LogP contribution is -2.28. The predicted molar refractivity (Wildman–Crippen MR) is 73.9 cm³/mol. The molecule has 104 valence electrons. The highest BCUT2D eigenvalue weighted by Crippen LogP contribution is 2.28. The van der Waals surface area contributed by atoms with Crippen molar-refractivity contribution in [1.82, 2.24) is 10.6 Å². The van der Waals surface area contributed by atoms with Gasteiger partial charge in [-0.05, 0) is 25.0 Å². The first-order valence-corrected chi connectivity index (χ1v) is 6.16. The molecule has 0 bridgehead atoms. The first kappa shape index (κ1) is 14.9. The Balaban J connectivity index is 2.28. The van der Waals surface area contributed by atoms with Crippen LogP contribution in [0.15, 0.2) is 30.5 Å². The van der Waals surface area contributed by atoms with Gasteiger partial charge in [-0.1, -0.05) is 18.7 Å². The molecule has 19 heavy (non-hydrogen) atoms. The minimum absolute atomic E-state index is 0.0617. The molecule has 0 atom stereocenters. The third kappa shape index (κ3) is 5.33. The van der Waals surface area contributed by atoms with E-state index in [9.17, 15) is 15.0 Å². The van der Waals surface area contributed by atoms with E-state index in [4.69, 9.17) is 0 Å². The molecule has 0 unspecified atom stereocenters. The average Bonchev–Trinajstić information content (AvgIpc) is 2.34. The Labute approximate surface area is 113 Å². The van der Waals surface area contributed by atoms with Gasteiger partial charge in [0.25, 0.3) is 0 Å². The van der Waals surface area contributed by atoms with Crippen LogP contribution in [0.1, 0.15) is 18.9 Å². The number of para-hydroxylation sites is 1. The molecule has 0 saturated carbocycles. The van der Waals surface area contributed by atoms with Gasteiger partial charge < -0.3 is 20.8 Å². The summed E-state index contributed by atoms with van der Waals surface area (Å²) in [6.45, 7) is 6.49. The number of hydrogen-bond donors (Lipinski definition) is 4. The highest BCUT2D eigenvalue weighted by atomic mass is 16.3. The van der Waals surface area contributed by atoms with Crippen LogP contribution in [0, 0.1) is 0 Å². The van der Waals surface area contributed by atoms with Gasteiger partial charge in [0.1, 0.15) is 0 Å². The Morgan fingerprint density at radius 1 is 1.26 bits per heavy atom. The smallest absolute Gasteiger partial charge is 0.221 e. The number of carbonyl (C=O) groups is 1. The van der Waals surface area contributed by atoms with Gasteiger partial charge in [-0.15, -0.1) is 0 Å². The van der Waals surface area contributed by atoms with Crippen molar-refractivity contribution in [3.63, 3.8) is 0 Å². The molecule has 5 nitrogen and oxygen atoms in total. The molecule has 1 aromatic rings. The Kier molecular flexibility index (Phi) is 5.73. The number of nitrogens with one attached hydrogen (secondary N) is 2. The first-order chi connectivity index (χ1) is 9.00. The summed E-state index contributed by atoms with van der Waals surface area (Å²) < 4.78 is 0. The maximum atomic E-state index is 11.5. The Hall–Kier alpha value is -2.17. The number of aromatic hydroxyl groups is 2. The van der Waals surface area contributed by atoms with Crippen molar-refractivity contribution in [1.29, 1.82) is 0 Å². The third-order valence-electron chi connectivity index (χ3n) is 2.59. The van der Waals surface area contributed by atoms with Crippen molar-refractivity contribution in [3.8, 4) is 11.5 Å². The second-order valence-electron chi connectivity index (χ2n) is 4.34. The van der Waals surface area contributed by atoms with E-state index < -0.39 is 0 Å². The summed E-state index contributed by atoms with van der Waals surface area (Å²) >= 11 is 0. The molecule has 1 aromatic carbocycles. The van der Waals surface area contributed by atoms with Crippen LogP contribution >= 0.6 is 0 Å². The highest BCUT2D eigenvalue weighted by Gasteiger charge is 2.06. The number of amides is 1. The van der Waals surface area contributed by atoms with E-state index in [1.54, 1.807) is 12.1 Å². The number of benzene rings is 1. The molecule has 5 heteroatoms. The number of carbonyl (C=O) groups excluding carboxylic acids is 1. The summed E-state index contributed by atoms with van der Waals surface area (Å²) in [4.78, 5) is 11.5. The standard InChI is InChI=1S/C14H20N2O3/c1-10(2)15-9-7-13(18)16-8-6-11-4-3-5-12(17)14(11)19/h3-5,15,17,19H,1,6-9H2,2H3,(H,16,18). The lowest BCUT2D eigenvalue weighted by atomic mass is 10.1. The van der Waals surface area contributed by atoms with Crippen LogP contribution in [0.5, 0.6) is 11.5 Å². The molecule has 0 heterocycles. The van der Waals surface area contributed by atoms with Crippen LogP contribution in [0.2, 0.25) is 0 Å². The van der Waals surface area contributed by atoms with Gasteiger partial charge >= 0.3 is 0 Å². The Bertz CT molecular complexity index is 458. The van der Waals surface area contributed by atoms with E-state index in [2.05, 4.69) is 17.2 Å². The van der Waals surface area contributed by atoms with Gasteiger partial charge in [0, 0.05) is 25.2 Å². The lowest BCUT2D eigenvalue weighted by Gasteiger charge is -2.08. The van der Waals surface area contributed by atoms with Crippen molar-refractivity contribution >= 4 is 5.91 Å². The van der Waals surface area contributed by atoms with Crippen molar-refractivity contribution < 1.29 is 15.0 Å². The molecule has 0 spiro atoms. The highest BCUT2D eigenvalue weighted by molar-refractivity contribution is 5.76. The summed E-state index contributed by atoms with van der Waals surface area (Å²) in [6.07, 6.45) is 0.846. The number of phenolic OH excluding ortho intramolecular Hbond substituents is 2. The van der Waals surface area contributed by atoms with E-state index in [-0.39, 0.29) is 17.4 Å². The SMILES string of the molecule is C=C(C)NCCC(=O)NCCc1cccc(O)c1O. The molecule has 1 rings (SSSR count). The monoisotopic (exact) mass is 264 g/mol. The molecule has 0 aliphatic carbocycles. The maximum absolute atomic E-state index is 11.5. The topological polar surface area (TPSA) is 81.6 Å². The molecule has 0 aliphatic heterocycles. The fourth-order valence-electron chi connectivity index (χ4n) is 1.59. The van der Waals surface area contributed by atoms with Gasteiger partial charge in [-0.2, -0.15) is 0 Å². The summed E-state index contributed by atoms with van der Waals surface area (Å²) in [6, 6.07) is 4.79. The number of rotatable bonds is 7. The van der Waals surface area contributed by atoms with Crippen molar-refractivity contribution in [2.45, 2.75) is 19.8 Å². The van der Waals surface area contributed by atoms with Crippen LogP contribution in [0.4, 0.5) is 0 Å².